The minimum Gasteiger partial charge on any atom is -0.323 e. The summed E-state index contributed by atoms with van der Waals surface area (Å²) >= 11 is 0. The fraction of sp³-hybridized carbons (Fsp3) is 0.500. The lowest BCUT2D eigenvalue weighted by Crippen LogP contribution is -2.44. The van der Waals surface area contributed by atoms with Gasteiger partial charge in [0.05, 0.1) is 6.54 Å². The number of hydrogen-bond acceptors (Lipinski definition) is 3. The molecule has 23 heavy (non-hydrogen) atoms. The predicted octanol–water partition coefficient (Wildman–Crippen LogP) is 2.66. The minimum absolute atomic E-state index is 0.182. The average molecular weight is 314 g/mol. The number of ketones is 1. The molecule has 0 atom stereocenters. The van der Waals surface area contributed by atoms with Crippen LogP contribution >= 0.6 is 0 Å². The molecular weight excluding hydrogens is 292 g/mol. The fourth-order valence-corrected chi connectivity index (χ4v) is 3.98. The number of benzene rings is 1. The van der Waals surface area contributed by atoms with Crippen LogP contribution < -0.4 is 5.32 Å². The summed E-state index contributed by atoms with van der Waals surface area (Å²) in [4.78, 5) is 38.6. The Kier molecular flexibility index (Phi) is 3.74. The maximum Gasteiger partial charge on any atom is 0.325 e. The van der Waals surface area contributed by atoms with Gasteiger partial charge in [-0.2, -0.15) is 0 Å². The second kappa shape index (κ2) is 5.48. The van der Waals surface area contributed by atoms with E-state index in [0.29, 0.717) is 18.4 Å². The molecule has 0 bridgehead atoms. The second-order valence-corrected chi connectivity index (χ2v) is 6.81. The highest BCUT2D eigenvalue weighted by Gasteiger charge is 2.52. The number of imide groups is 1. The smallest absolute Gasteiger partial charge is 0.323 e. The highest BCUT2D eigenvalue weighted by Crippen LogP contribution is 2.35. The van der Waals surface area contributed by atoms with Crippen molar-refractivity contribution in [2.45, 2.75) is 52.0 Å². The van der Waals surface area contributed by atoms with Crippen molar-refractivity contribution in [2.75, 3.05) is 6.54 Å². The molecule has 3 amide bonds. The van der Waals surface area contributed by atoms with Gasteiger partial charge in [-0.15, -0.1) is 0 Å². The molecule has 1 saturated heterocycles. The standard InChI is InChI=1S/C18H22N2O3/c1-11-8-12(2)15(13(3)9-11)14(21)10-20-16(22)18(19-17(20)23)6-4-5-7-18/h8-9H,4-7,10H2,1-3H3,(H,19,23). The van der Waals surface area contributed by atoms with Crippen molar-refractivity contribution < 1.29 is 14.4 Å². The van der Waals surface area contributed by atoms with E-state index in [1.54, 1.807) is 0 Å². The zero-order chi connectivity index (χ0) is 16.8. The second-order valence-electron chi connectivity index (χ2n) is 6.81. The molecule has 0 aromatic heterocycles. The van der Waals surface area contributed by atoms with Gasteiger partial charge in [-0.1, -0.05) is 30.5 Å². The Morgan fingerprint density at radius 1 is 1.13 bits per heavy atom. The number of urea groups is 1. The van der Waals surface area contributed by atoms with Crippen molar-refractivity contribution in [1.29, 1.82) is 0 Å². The van der Waals surface area contributed by atoms with Crippen molar-refractivity contribution in [2.24, 2.45) is 0 Å². The van der Waals surface area contributed by atoms with Gasteiger partial charge in [0.2, 0.25) is 0 Å². The summed E-state index contributed by atoms with van der Waals surface area (Å²) in [6, 6.07) is 3.46. The molecule has 1 aliphatic carbocycles. The molecule has 1 aromatic rings. The highest BCUT2D eigenvalue weighted by molar-refractivity contribution is 6.11. The number of amides is 3. The van der Waals surface area contributed by atoms with Crippen LogP contribution in [0.5, 0.6) is 0 Å². The summed E-state index contributed by atoms with van der Waals surface area (Å²) in [5.41, 5.74) is 2.72. The van der Waals surface area contributed by atoms with Crippen molar-refractivity contribution >= 4 is 17.7 Å². The Bertz CT molecular complexity index is 679. The number of Topliss-reactive ketones (excluding diaryl/α,β-unsaturated/α-hetero) is 1. The van der Waals surface area contributed by atoms with Gasteiger partial charge in [0.1, 0.15) is 5.54 Å². The van der Waals surface area contributed by atoms with Crippen LogP contribution in [0.25, 0.3) is 0 Å². The quantitative estimate of drug-likeness (QED) is 0.689. The largest absolute Gasteiger partial charge is 0.325 e. The summed E-state index contributed by atoms with van der Waals surface area (Å²) in [6.07, 6.45) is 3.21. The molecule has 1 heterocycles. The van der Waals surface area contributed by atoms with E-state index in [1.807, 2.05) is 32.9 Å². The lowest BCUT2D eigenvalue weighted by molar-refractivity contribution is -0.130. The van der Waals surface area contributed by atoms with E-state index in [9.17, 15) is 14.4 Å². The van der Waals surface area contributed by atoms with E-state index in [0.717, 1.165) is 34.4 Å². The zero-order valence-electron chi connectivity index (χ0n) is 13.9. The summed E-state index contributed by atoms with van der Waals surface area (Å²) in [5.74, 6) is -0.422. The van der Waals surface area contributed by atoms with Crippen molar-refractivity contribution in [3.05, 3.63) is 34.4 Å². The monoisotopic (exact) mass is 314 g/mol. The van der Waals surface area contributed by atoms with E-state index in [-0.39, 0.29) is 18.2 Å². The van der Waals surface area contributed by atoms with Crippen molar-refractivity contribution in [1.82, 2.24) is 10.2 Å². The van der Waals surface area contributed by atoms with Crippen molar-refractivity contribution in [3.8, 4) is 0 Å². The first-order valence-corrected chi connectivity index (χ1v) is 8.09. The maximum absolute atomic E-state index is 12.7. The molecule has 2 fully saturated rings. The number of nitrogens with one attached hydrogen (secondary N) is 1. The maximum atomic E-state index is 12.7. The van der Waals surface area contributed by atoms with E-state index < -0.39 is 11.6 Å². The first kappa shape index (κ1) is 15.7. The average Bonchev–Trinajstić information content (AvgIpc) is 2.99. The molecule has 5 heteroatoms. The van der Waals surface area contributed by atoms with Crippen LogP contribution in [0.15, 0.2) is 12.1 Å². The number of hydrogen-bond donors (Lipinski definition) is 1. The van der Waals surface area contributed by atoms with Crippen LogP contribution in [0.1, 0.15) is 52.7 Å². The van der Waals surface area contributed by atoms with Gasteiger partial charge >= 0.3 is 6.03 Å². The van der Waals surface area contributed by atoms with E-state index >= 15 is 0 Å². The van der Waals surface area contributed by atoms with Crippen LogP contribution in [-0.4, -0.2) is 34.7 Å². The SMILES string of the molecule is Cc1cc(C)c(C(=O)CN2C(=O)NC3(CCCC3)C2=O)c(C)c1. The zero-order valence-corrected chi connectivity index (χ0v) is 13.9. The molecule has 3 rings (SSSR count). The molecule has 1 aliphatic heterocycles. The Morgan fingerprint density at radius 2 is 1.70 bits per heavy atom. The van der Waals surface area contributed by atoms with Crippen LogP contribution in [0.3, 0.4) is 0 Å². The number of aryl methyl sites for hydroxylation is 3. The molecule has 5 nitrogen and oxygen atoms in total. The van der Waals surface area contributed by atoms with Crippen molar-refractivity contribution in [3.63, 3.8) is 0 Å². The number of carbonyl (C=O) groups excluding carboxylic acids is 3. The Balaban J connectivity index is 1.84. The molecule has 1 spiro atoms. The van der Waals surface area contributed by atoms with E-state index in [1.165, 1.54) is 0 Å². The molecule has 1 saturated carbocycles. The highest BCUT2D eigenvalue weighted by atomic mass is 16.2. The Labute approximate surface area is 136 Å². The first-order valence-electron chi connectivity index (χ1n) is 8.09. The van der Waals surface area contributed by atoms with Crippen LogP contribution in [0, 0.1) is 20.8 Å². The third-order valence-corrected chi connectivity index (χ3v) is 4.96. The molecule has 1 N–H and O–H groups in total. The molecule has 1 aromatic carbocycles. The molecular formula is C18H22N2O3. The van der Waals surface area contributed by atoms with E-state index in [4.69, 9.17) is 0 Å². The predicted molar refractivity (Wildman–Crippen MR) is 86.4 cm³/mol. The lowest BCUT2D eigenvalue weighted by atomic mass is 9.95. The van der Waals surface area contributed by atoms with Crippen LogP contribution in [-0.2, 0) is 4.79 Å². The van der Waals surface area contributed by atoms with Gasteiger partial charge in [-0.25, -0.2) is 4.79 Å². The topological polar surface area (TPSA) is 66.5 Å². The summed E-state index contributed by atoms with van der Waals surface area (Å²) < 4.78 is 0. The molecule has 0 radical (unpaired) electrons. The minimum atomic E-state index is -0.755. The van der Waals surface area contributed by atoms with Gasteiger partial charge in [0.25, 0.3) is 5.91 Å². The number of carbonyl (C=O) groups is 3. The first-order chi connectivity index (χ1) is 10.8. The van der Waals surface area contributed by atoms with Gasteiger partial charge in [0, 0.05) is 5.56 Å². The Morgan fingerprint density at radius 3 is 2.26 bits per heavy atom. The van der Waals surface area contributed by atoms with Gasteiger partial charge in [0.15, 0.2) is 5.78 Å². The molecule has 122 valence electrons. The number of nitrogens with zero attached hydrogens (tertiary/aromatic N) is 1. The van der Waals surface area contributed by atoms with Crippen LogP contribution in [0.2, 0.25) is 0 Å². The van der Waals surface area contributed by atoms with E-state index in [2.05, 4.69) is 5.32 Å². The normalized spacial score (nSPS) is 19.5. The molecule has 0 unspecified atom stereocenters. The van der Waals surface area contributed by atoms with Gasteiger partial charge in [-0.3, -0.25) is 14.5 Å². The fourth-order valence-electron chi connectivity index (χ4n) is 3.98. The van der Waals surface area contributed by atoms with Gasteiger partial charge in [-0.05, 0) is 44.7 Å². The summed E-state index contributed by atoms with van der Waals surface area (Å²) in [7, 11) is 0. The lowest BCUT2D eigenvalue weighted by Gasteiger charge is -2.20. The Hall–Kier alpha value is -2.17. The van der Waals surface area contributed by atoms with Gasteiger partial charge < -0.3 is 5.32 Å². The van der Waals surface area contributed by atoms with Crippen LogP contribution in [0.4, 0.5) is 4.79 Å². The third-order valence-electron chi connectivity index (χ3n) is 4.96. The molecule has 2 aliphatic rings. The summed E-state index contributed by atoms with van der Waals surface area (Å²) in [6.45, 7) is 5.57. The number of rotatable bonds is 3. The summed E-state index contributed by atoms with van der Waals surface area (Å²) in [5, 5.41) is 2.81. The third kappa shape index (κ3) is 2.54.